The van der Waals surface area contributed by atoms with Crippen molar-refractivity contribution in [3.63, 3.8) is 0 Å². The minimum Gasteiger partial charge on any atom is -0.485 e. The number of aromatic nitrogens is 3. The second-order valence-electron chi connectivity index (χ2n) is 8.28. The molecule has 0 spiro atoms. The van der Waals surface area contributed by atoms with E-state index in [0.717, 1.165) is 11.1 Å². The first kappa shape index (κ1) is 21.9. The molecule has 0 fully saturated rings. The van der Waals surface area contributed by atoms with Crippen LogP contribution in [0, 0.1) is 5.82 Å². The topological polar surface area (TPSA) is 67.6 Å². The van der Waals surface area contributed by atoms with E-state index in [1.165, 1.54) is 23.9 Å². The van der Waals surface area contributed by atoms with Crippen LogP contribution in [0.5, 0.6) is 17.2 Å². The molecule has 7 nitrogen and oxygen atoms in total. The van der Waals surface area contributed by atoms with Crippen LogP contribution in [0.25, 0.3) is 0 Å². The number of benzene rings is 3. The Balaban J connectivity index is 1.20. The SMILES string of the molecule is Cn1c(SCc2cc(F)cc3c2OC(c2ccccc2)OC3)nnc1C1COc2ccccc2O1. The molecule has 0 bridgehead atoms. The van der Waals surface area contributed by atoms with Gasteiger partial charge in [0.1, 0.15) is 18.2 Å². The van der Waals surface area contributed by atoms with E-state index in [4.69, 9.17) is 18.9 Å². The molecule has 35 heavy (non-hydrogen) atoms. The Morgan fingerprint density at radius 1 is 1.00 bits per heavy atom. The molecule has 3 aromatic carbocycles. The number of hydrogen-bond donors (Lipinski definition) is 0. The number of fused-ring (bicyclic) bond motifs is 2. The first-order valence-electron chi connectivity index (χ1n) is 11.2. The fourth-order valence-electron chi connectivity index (χ4n) is 4.18. The van der Waals surface area contributed by atoms with Crippen molar-refractivity contribution >= 4 is 11.8 Å². The summed E-state index contributed by atoms with van der Waals surface area (Å²) in [5.41, 5.74) is 2.35. The predicted molar refractivity (Wildman–Crippen MR) is 127 cm³/mol. The van der Waals surface area contributed by atoms with Crippen molar-refractivity contribution in [2.45, 2.75) is 29.9 Å². The minimum absolute atomic E-state index is 0.277. The first-order chi connectivity index (χ1) is 17.2. The highest BCUT2D eigenvalue weighted by Gasteiger charge is 2.28. The normalized spacial score (nSPS) is 18.6. The summed E-state index contributed by atoms with van der Waals surface area (Å²) in [7, 11) is 1.89. The number of hydrogen-bond acceptors (Lipinski definition) is 7. The van der Waals surface area contributed by atoms with Gasteiger partial charge in [0.2, 0.25) is 6.29 Å². The van der Waals surface area contributed by atoms with Crippen LogP contribution in [0.2, 0.25) is 0 Å². The lowest BCUT2D eigenvalue weighted by Gasteiger charge is -2.28. The van der Waals surface area contributed by atoms with Gasteiger partial charge < -0.3 is 23.5 Å². The summed E-state index contributed by atoms with van der Waals surface area (Å²) in [5, 5.41) is 9.37. The summed E-state index contributed by atoms with van der Waals surface area (Å²) in [5.74, 6) is 2.85. The minimum atomic E-state index is -0.536. The average molecular weight is 492 g/mol. The summed E-state index contributed by atoms with van der Waals surface area (Å²) in [4.78, 5) is 0. The summed E-state index contributed by atoms with van der Waals surface area (Å²) >= 11 is 1.45. The maximum Gasteiger partial charge on any atom is 0.227 e. The van der Waals surface area contributed by atoms with Gasteiger partial charge in [0.15, 0.2) is 28.6 Å². The van der Waals surface area contributed by atoms with E-state index in [2.05, 4.69) is 10.2 Å². The molecule has 2 atom stereocenters. The highest BCUT2D eigenvalue weighted by atomic mass is 32.2. The molecular weight excluding hydrogens is 469 g/mol. The number of thioether (sulfide) groups is 1. The van der Waals surface area contributed by atoms with E-state index in [9.17, 15) is 4.39 Å². The highest BCUT2D eigenvalue weighted by Crippen LogP contribution is 2.39. The summed E-state index contributed by atoms with van der Waals surface area (Å²) < 4.78 is 40.2. The lowest BCUT2D eigenvalue weighted by atomic mass is 10.1. The maximum absolute atomic E-state index is 14.4. The van der Waals surface area contributed by atoms with Gasteiger partial charge in [0.25, 0.3) is 0 Å². The van der Waals surface area contributed by atoms with E-state index < -0.39 is 6.29 Å². The van der Waals surface area contributed by atoms with Gasteiger partial charge in [-0.05, 0) is 24.3 Å². The fourth-order valence-corrected chi connectivity index (χ4v) is 5.06. The average Bonchev–Trinajstić information content (AvgIpc) is 3.27. The number of halogens is 1. The summed E-state index contributed by atoms with van der Waals surface area (Å²) in [6.07, 6.45) is -0.906. The number of nitrogens with zero attached hydrogens (tertiary/aromatic N) is 3. The zero-order valence-corrected chi connectivity index (χ0v) is 19.7. The second-order valence-corrected chi connectivity index (χ2v) is 9.22. The zero-order chi connectivity index (χ0) is 23.8. The Morgan fingerprint density at radius 3 is 2.66 bits per heavy atom. The lowest BCUT2D eigenvalue weighted by Crippen LogP contribution is -2.24. The summed E-state index contributed by atoms with van der Waals surface area (Å²) in [6, 6.07) is 20.2. The number of rotatable bonds is 5. The molecule has 178 valence electrons. The van der Waals surface area contributed by atoms with Gasteiger partial charge >= 0.3 is 0 Å². The van der Waals surface area contributed by atoms with Crippen LogP contribution in [0.4, 0.5) is 4.39 Å². The smallest absolute Gasteiger partial charge is 0.227 e. The second kappa shape index (κ2) is 9.24. The molecule has 2 aliphatic heterocycles. The molecule has 4 aromatic rings. The van der Waals surface area contributed by atoms with Gasteiger partial charge in [0, 0.05) is 29.5 Å². The van der Waals surface area contributed by atoms with E-state index in [0.29, 0.717) is 46.2 Å². The first-order valence-corrected chi connectivity index (χ1v) is 12.2. The van der Waals surface area contributed by atoms with Crippen LogP contribution in [-0.4, -0.2) is 21.4 Å². The van der Waals surface area contributed by atoms with Gasteiger partial charge in [-0.25, -0.2) is 4.39 Å². The van der Waals surface area contributed by atoms with Crippen molar-refractivity contribution in [3.8, 4) is 17.2 Å². The molecule has 0 saturated heterocycles. The van der Waals surface area contributed by atoms with Gasteiger partial charge in [-0.3, -0.25) is 0 Å². The standard InChI is InChI=1S/C26H22FN3O4S/c1-30-24(22-14-31-20-9-5-6-10-21(20)33-22)28-29-26(30)35-15-18-12-19(27)11-17-13-32-25(34-23(17)18)16-7-3-2-4-8-16/h2-12,22,25H,13-15H2,1H3. The Bertz CT molecular complexity index is 1360. The Labute approximate surface area is 205 Å². The van der Waals surface area contributed by atoms with Crippen molar-refractivity contribution < 1.29 is 23.3 Å². The highest BCUT2D eigenvalue weighted by molar-refractivity contribution is 7.98. The van der Waals surface area contributed by atoms with Crippen molar-refractivity contribution in [1.29, 1.82) is 0 Å². The van der Waals surface area contributed by atoms with Crippen LogP contribution in [0.15, 0.2) is 71.9 Å². The molecule has 2 unspecified atom stereocenters. The molecule has 0 saturated carbocycles. The third-order valence-electron chi connectivity index (χ3n) is 5.92. The molecule has 3 heterocycles. The molecule has 1 aromatic heterocycles. The van der Waals surface area contributed by atoms with Crippen LogP contribution < -0.4 is 14.2 Å². The molecule has 6 rings (SSSR count). The molecule has 0 amide bonds. The largest absolute Gasteiger partial charge is 0.485 e. The lowest BCUT2D eigenvalue weighted by molar-refractivity contribution is -0.112. The molecule has 0 N–H and O–H groups in total. The Kier molecular flexibility index (Phi) is 5.79. The zero-order valence-electron chi connectivity index (χ0n) is 18.9. The third kappa shape index (κ3) is 4.33. The quantitative estimate of drug-likeness (QED) is 0.348. The Morgan fingerprint density at radius 2 is 1.80 bits per heavy atom. The van der Waals surface area contributed by atoms with Crippen LogP contribution in [-0.2, 0) is 24.1 Å². The monoisotopic (exact) mass is 491 g/mol. The van der Waals surface area contributed by atoms with Gasteiger partial charge in [0.05, 0.1) is 6.61 Å². The predicted octanol–water partition coefficient (Wildman–Crippen LogP) is 5.37. The van der Waals surface area contributed by atoms with Crippen LogP contribution in [0.1, 0.15) is 34.9 Å². The van der Waals surface area contributed by atoms with Gasteiger partial charge in [-0.1, -0.05) is 54.2 Å². The molecule has 2 aliphatic rings. The van der Waals surface area contributed by atoms with Gasteiger partial charge in [-0.15, -0.1) is 10.2 Å². The maximum atomic E-state index is 14.4. The van der Waals surface area contributed by atoms with Crippen LogP contribution >= 0.6 is 11.8 Å². The number of para-hydroxylation sites is 2. The summed E-state index contributed by atoms with van der Waals surface area (Å²) in [6.45, 7) is 0.624. The molecule has 9 heteroatoms. The van der Waals surface area contributed by atoms with Crippen molar-refractivity contribution in [2.24, 2.45) is 7.05 Å². The molecule has 0 aliphatic carbocycles. The van der Waals surface area contributed by atoms with Crippen molar-refractivity contribution in [2.75, 3.05) is 6.61 Å². The van der Waals surface area contributed by atoms with Crippen molar-refractivity contribution in [1.82, 2.24) is 14.8 Å². The van der Waals surface area contributed by atoms with Crippen molar-refractivity contribution in [3.05, 3.63) is 95.1 Å². The molecule has 0 radical (unpaired) electrons. The van der Waals surface area contributed by atoms with Crippen LogP contribution in [0.3, 0.4) is 0 Å². The molecular formula is C26H22FN3O4S. The Hall–Kier alpha value is -3.56. The van der Waals surface area contributed by atoms with Gasteiger partial charge in [-0.2, -0.15) is 0 Å². The van der Waals surface area contributed by atoms with E-state index in [1.807, 2.05) is 66.2 Å². The number of ether oxygens (including phenoxy) is 4. The van der Waals surface area contributed by atoms with E-state index in [-0.39, 0.29) is 18.5 Å². The third-order valence-corrected chi connectivity index (χ3v) is 6.99. The van der Waals surface area contributed by atoms with E-state index in [1.54, 1.807) is 0 Å². The fraction of sp³-hybridized carbons (Fsp3) is 0.231. The van der Waals surface area contributed by atoms with E-state index >= 15 is 0 Å².